The van der Waals surface area contributed by atoms with Gasteiger partial charge in [0.25, 0.3) is 0 Å². The van der Waals surface area contributed by atoms with E-state index in [1.165, 1.54) is 41.3 Å². The normalized spacial score (nSPS) is 11.4. The van der Waals surface area contributed by atoms with Gasteiger partial charge in [0.15, 0.2) is 5.82 Å². The molecule has 0 atom stereocenters. The number of aromatic nitrogens is 3. The van der Waals surface area contributed by atoms with E-state index >= 15 is 0 Å². The Balaban J connectivity index is 1.56. The van der Waals surface area contributed by atoms with Crippen LogP contribution in [-0.4, -0.2) is 31.7 Å². The van der Waals surface area contributed by atoms with Crippen molar-refractivity contribution in [3.63, 3.8) is 0 Å². The number of halogens is 4. The molecule has 5 N–H and O–H groups in total. The first-order valence-corrected chi connectivity index (χ1v) is 9.45. The second kappa shape index (κ2) is 8.35. The predicted molar refractivity (Wildman–Crippen MR) is 114 cm³/mol. The maximum Gasteiger partial charge on any atom is 0.419 e. The first-order valence-electron chi connectivity index (χ1n) is 9.45. The van der Waals surface area contributed by atoms with Crippen LogP contribution in [0.3, 0.4) is 0 Å². The molecule has 0 unspecified atom stereocenters. The molecule has 0 aliphatic carbocycles. The van der Waals surface area contributed by atoms with E-state index in [1.807, 2.05) is 0 Å². The van der Waals surface area contributed by atoms with Gasteiger partial charge in [0.1, 0.15) is 17.7 Å². The molecule has 34 heavy (non-hydrogen) atoms. The second-order valence-electron chi connectivity index (χ2n) is 7.01. The summed E-state index contributed by atoms with van der Waals surface area (Å²) in [7, 11) is 0. The SMILES string of the molecule is Nc1ncnn2cc(C(=O)O)c(-c3ccc(NC(=O)Nc4ccc(F)c(C(F)(F)F)c4)cc3)c12. The molecule has 2 aromatic heterocycles. The minimum Gasteiger partial charge on any atom is -0.478 e. The van der Waals surface area contributed by atoms with Gasteiger partial charge in [-0.2, -0.15) is 18.3 Å². The van der Waals surface area contributed by atoms with Gasteiger partial charge in [0, 0.05) is 23.1 Å². The van der Waals surface area contributed by atoms with E-state index in [9.17, 15) is 32.3 Å². The number of carboxylic acids is 1. The van der Waals surface area contributed by atoms with Crippen LogP contribution in [0.5, 0.6) is 0 Å². The summed E-state index contributed by atoms with van der Waals surface area (Å²) in [4.78, 5) is 27.8. The number of anilines is 3. The second-order valence-corrected chi connectivity index (χ2v) is 7.01. The third-order valence-electron chi connectivity index (χ3n) is 4.79. The number of aromatic carboxylic acids is 1. The zero-order valence-corrected chi connectivity index (χ0v) is 16.9. The Kier molecular flexibility index (Phi) is 5.53. The van der Waals surface area contributed by atoms with Crippen molar-refractivity contribution in [1.82, 2.24) is 14.6 Å². The lowest BCUT2D eigenvalue weighted by atomic mass is 10.0. The Hall–Kier alpha value is -4.68. The fourth-order valence-electron chi connectivity index (χ4n) is 3.32. The van der Waals surface area contributed by atoms with Gasteiger partial charge in [0.2, 0.25) is 0 Å². The van der Waals surface area contributed by atoms with E-state index in [4.69, 9.17) is 5.73 Å². The lowest BCUT2D eigenvalue weighted by Crippen LogP contribution is -2.20. The topological polar surface area (TPSA) is 135 Å². The molecule has 13 heteroatoms. The quantitative estimate of drug-likeness (QED) is 0.322. The molecule has 0 saturated carbocycles. The Labute approximate surface area is 187 Å². The number of nitrogens with one attached hydrogen (secondary N) is 2. The van der Waals surface area contributed by atoms with Crippen LogP contribution in [0.1, 0.15) is 15.9 Å². The monoisotopic (exact) mass is 474 g/mol. The van der Waals surface area contributed by atoms with Gasteiger partial charge in [-0.25, -0.2) is 23.5 Å². The number of amides is 2. The number of nitrogens with two attached hydrogens (primary N) is 1. The number of carbonyl (C=O) groups excluding carboxylic acids is 1. The van der Waals surface area contributed by atoms with E-state index in [0.717, 1.165) is 6.07 Å². The number of urea groups is 1. The van der Waals surface area contributed by atoms with Crippen molar-refractivity contribution in [2.75, 3.05) is 16.4 Å². The van der Waals surface area contributed by atoms with Gasteiger partial charge in [0.05, 0.1) is 11.1 Å². The highest BCUT2D eigenvalue weighted by atomic mass is 19.4. The summed E-state index contributed by atoms with van der Waals surface area (Å²) in [6, 6.07) is 7.15. The first-order chi connectivity index (χ1) is 16.0. The summed E-state index contributed by atoms with van der Waals surface area (Å²) in [6.07, 6.45) is -2.44. The molecule has 4 rings (SSSR count). The highest BCUT2D eigenvalue weighted by molar-refractivity contribution is 6.04. The number of carboxylic acid groups (broad SMARTS) is 1. The first kappa shape index (κ1) is 22.5. The smallest absolute Gasteiger partial charge is 0.419 e. The molecule has 0 radical (unpaired) electrons. The van der Waals surface area contributed by atoms with Crippen molar-refractivity contribution in [2.45, 2.75) is 6.18 Å². The van der Waals surface area contributed by atoms with Crippen LogP contribution in [0, 0.1) is 5.82 Å². The minimum absolute atomic E-state index is 0.0663. The molecule has 0 saturated heterocycles. The highest BCUT2D eigenvalue weighted by Crippen LogP contribution is 2.34. The molecule has 4 aromatic rings. The number of nitrogen functional groups attached to an aromatic ring is 1. The Morgan fingerprint density at radius 1 is 1.03 bits per heavy atom. The molecule has 0 fully saturated rings. The van der Waals surface area contributed by atoms with E-state index in [0.29, 0.717) is 17.7 Å². The summed E-state index contributed by atoms with van der Waals surface area (Å²) in [6.45, 7) is 0. The molecule has 0 spiro atoms. The molecule has 2 aromatic carbocycles. The summed E-state index contributed by atoms with van der Waals surface area (Å²) in [5, 5.41) is 18.1. The molecule has 0 bridgehead atoms. The summed E-state index contributed by atoms with van der Waals surface area (Å²) < 4.78 is 53.2. The maximum atomic E-state index is 13.4. The van der Waals surface area contributed by atoms with Gasteiger partial charge in [-0.1, -0.05) is 12.1 Å². The maximum absolute atomic E-state index is 13.4. The molecule has 0 aliphatic heterocycles. The van der Waals surface area contributed by atoms with E-state index in [-0.39, 0.29) is 33.8 Å². The zero-order chi connectivity index (χ0) is 24.6. The number of benzene rings is 2. The van der Waals surface area contributed by atoms with Crippen LogP contribution in [0.15, 0.2) is 55.0 Å². The molecule has 0 aliphatic rings. The van der Waals surface area contributed by atoms with Crippen molar-refractivity contribution in [2.24, 2.45) is 0 Å². The van der Waals surface area contributed by atoms with E-state index in [2.05, 4.69) is 20.7 Å². The van der Waals surface area contributed by atoms with Crippen LogP contribution < -0.4 is 16.4 Å². The van der Waals surface area contributed by atoms with E-state index in [1.54, 1.807) is 0 Å². The average molecular weight is 474 g/mol. The standard InChI is InChI=1S/C21H14F4N6O3/c22-15-6-5-12(7-14(15)21(23,24)25)30-20(34)29-11-3-1-10(2-4-11)16-13(19(32)33)8-31-17(16)18(26)27-9-28-31/h1-9H,(H,32,33)(H2,26,27,28)(H2,29,30,34). The van der Waals surface area contributed by atoms with Crippen LogP contribution >= 0.6 is 0 Å². The predicted octanol–water partition coefficient (Wildman–Crippen LogP) is 4.48. The number of nitrogens with zero attached hydrogens (tertiary/aromatic N) is 3. The molecular formula is C21H14F4N6O3. The van der Waals surface area contributed by atoms with Crippen LogP contribution in [0.2, 0.25) is 0 Å². The van der Waals surface area contributed by atoms with Crippen LogP contribution in [0.25, 0.3) is 16.6 Å². The number of fused-ring (bicyclic) bond motifs is 1. The largest absolute Gasteiger partial charge is 0.478 e. The minimum atomic E-state index is -4.92. The van der Waals surface area contributed by atoms with Crippen molar-refractivity contribution >= 4 is 34.7 Å². The number of carbonyl (C=O) groups is 2. The lowest BCUT2D eigenvalue weighted by Gasteiger charge is -2.12. The highest BCUT2D eigenvalue weighted by Gasteiger charge is 2.34. The number of hydrogen-bond acceptors (Lipinski definition) is 5. The van der Waals surface area contributed by atoms with Gasteiger partial charge < -0.3 is 21.5 Å². The average Bonchev–Trinajstić information content (AvgIpc) is 3.16. The fraction of sp³-hybridized carbons (Fsp3) is 0.0476. The molecule has 174 valence electrons. The fourth-order valence-corrected chi connectivity index (χ4v) is 3.32. The molecule has 9 nitrogen and oxygen atoms in total. The van der Waals surface area contributed by atoms with Crippen molar-refractivity contribution < 1.29 is 32.3 Å². The van der Waals surface area contributed by atoms with Crippen molar-refractivity contribution in [3.8, 4) is 11.1 Å². The van der Waals surface area contributed by atoms with Gasteiger partial charge in [-0.15, -0.1) is 0 Å². The number of hydrogen-bond donors (Lipinski definition) is 4. The van der Waals surface area contributed by atoms with E-state index < -0.39 is 29.6 Å². The Morgan fingerprint density at radius 2 is 1.68 bits per heavy atom. The van der Waals surface area contributed by atoms with Crippen molar-refractivity contribution in [3.05, 3.63) is 71.9 Å². The van der Waals surface area contributed by atoms with Crippen LogP contribution in [-0.2, 0) is 6.18 Å². The lowest BCUT2D eigenvalue weighted by molar-refractivity contribution is -0.139. The molecule has 2 heterocycles. The Bertz CT molecular complexity index is 1420. The van der Waals surface area contributed by atoms with Gasteiger partial charge in [-0.05, 0) is 35.9 Å². The van der Waals surface area contributed by atoms with Gasteiger partial charge in [-0.3, -0.25) is 0 Å². The number of alkyl halides is 3. The van der Waals surface area contributed by atoms with Crippen molar-refractivity contribution in [1.29, 1.82) is 0 Å². The molecular weight excluding hydrogens is 460 g/mol. The van der Waals surface area contributed by atoms with Gasteiger partial charge >= 0.3 is 18.2 Å². The summed E-state index contributed by atoms with van der Waals surface area (Å²) >= 11 is 0. The number of rotatable bonds is 4. The third kappa shape index (κ3) is 4.30. The van der Waals surface area contributed by atoms with Crippen LogP contribution in [0.4, 0.5) is 39.5 Å². The Morgan fingerprint density at radius 3 is 2.32 bits per heavy atom. The molecule has 2 amide bonds. The summed E-state index contributed by atoms with van der Waals surface area (Å²) in [5.74, 6) is -2.60. The summed E-state index contributed by atoms with van der Waals surface area (Å²) in [5.41, 5.74) is 5.32. The zero-order valence-electron chi connectivity index (χ0n) is 16.9. The third-order valence-corrected chi connectivity index (χ3v) is 4.79.